The molecule has 1 aliphatic heterocycles. The number of hydrogen-bond donors (Lipinski definition) is 1. The smallest absolute Gasteiger partial charge is 0.274 e. The van der Waals surface area contributed by atoms with E-state index in [2.05, 4.69) is 45.8 Å². The van der Waals surface area contributed by atoms with Crippen LogP contribution in [0.4, 0.5) is 5.69 Å². The van der Waals surface area contributed by atoms with E-state index in [4.69, 9.17) is 9.15 Å². The molecule has 0 radical (unpaired) electrons. The molecule has 1 N–H and O–H groups in total. The Morgan fingerprint density at radius 2 is 2.13 bits per heavy atom. The van der Waals surface area contributed by atoms with Crippen LogP contribution in [0.5, 0.6) is 5.75 Å². The van der Waals surface area contributed by atoms with E-state index in [0.29, 0.717) is 11.3 Å². The zero-order valence-electron chi connectivity index (χ0n) is 17.2. The second kappa shape index (κ2) is 8.86. The average Bonchev–Trinajstić information content (AvgIpc) is 3.20. The number of anilines is 1. The molecular formula is C24H25N3O3. The van der Waals surface area contributed by atoms with Crippen molar-refractivity contribution in [3.63, 3.8) is 0 Å². The summed E-state index contributed by atoms with van der Waals surface area (Å²) in [4.78, 5) is 14.5. The first kappa shape index (κ1) is 19.8. The standard InChI is InChI=1S/C24H25N3O3/c1-17-21(11-13-30-17)24(28)26-25-15-18-9-10-23(29-2)20(14-18)16-27-12-5-7-19-6-3-4-8-22(19)27/h3-4,6,8-11,13-15H,5,7,12,16H2,1-2H3,(H,26,28)/b25-15-. The Bertz CT molecular complexity index is 1070. The molecule has 0 unspecified atom stereocenters. The summed E-state index contributed by atoms with van der Waals surface area (Å²) in [5, 5.41) is 4.10. The second-order valence-corrected chi connectivity index (χ2v) is 7.31. The summed E-state index contributed by atoms with van der Waals surface area (Å²) < 4.78 is 10.7. The van der Waals surface area contributed by atoms with Crippen LogP contribution in [0.15, 0.2) is 64.3 Å². The summed E-state index contributed by atoms with van der Waals surface area (Å²) in [6.45, 7) is 3.51. The first-order chi connectivity index (χ1) is 14.7. The summed E-state index contributed by atoms with van der Waals surface area (Å²) in [6.07, 6.45) is 5.38. The average molecular weight is 403 g/mol. The van der Waals surface area contributed by atoms with E-state index >= 15 is 0 Å². The minimum atomic E-state index is -0.295. The first-order valence-electron chi connectivity index (χ1n) is 10.0. The van der Waals surface area contributed by atoms with Crippen molar-refractivity contribution >= 4 is 17.8 Å². The van der Waals surface area contributed by atoms with Gasteiger partial charge in [-0.15, -0.1) is 0 Å². The predicted molar refractivity (Wildman–Crippen MR) is 117 cm³/mol. The van der Waals surface area contributed by atoms with Gasteiger partial charge in [0.25, 0.3) is 5.91 Å². The first-order valence-corrected chi connectivity index (χ1v) is 10.0. The Balaban J connectivity index is 1.50. The number of rotatable bonds is 6. The number of nitrogens with one attached hydrogen (secondary N) is 1. The van der Waals surface area contributed by atoms with Gasteiger partial charge in [-0.05, 0) is 61.2 Å². The number of carbonyl (C=O) groups is 1. The zero-order valence-corrected chi connectivity index (χ0v) is 17.2. The number of hydrazone groups is 1. The topological polar surface area (TPSA) is 67.1 Å². The highest BCUT2D eigenvalue weighted by molar-refractivity contribution is 5.95. The molecule has 1 amide bonds. The molecule has 6 nitrogen and oxygen atoms in total. The van der Waals surface area contributed by atoms with E-state index in [-0.39, 0.29) is 5.91 Å². The van der Waals surface area contributed by atoms with Crippen molar-refractivity contribution in [1.29, 1.82) is 0 Å². The normalized spacial score (nSPS) is 13.3. The molecule has 2 heterocycles. The van der Waals surface area contributed by atoms with Gasteiger partial charge in [0, 0.05) is 24.3 Å². The van der Waals surface area contributed by atoms with Gasteiger partial charge in [0.05, 0.1) is 25.2 Å². The van der Waals surface area contributed by atoms with Crippen molar-refractivity contribution in [3.8, 4) is 5.75 Å². The molecular weight excluding hydrogens is 378 g/mol. The molecule has 0 bridgehead atoms. The molecule has 6 heteroatoms. The molecule has 1 aromatic heterocycles. The lowest BCUT2D eigenvalue weighted by molar-refractivity contribution is 0.0953. The molecule has 0 saturated heterocycles. The Kier molecular flexibility index (Phi) is 5.84. The molecule has 2 aromatic carbocycles. The molecule has 4 rings (SSSR count). The number of benzene rings is 2. The number of hydrogen-bond acceptors (Lipinski definition) is 5. The van der Waals surface area contributed by atoms with Gasteiger partial charge in [0.1, 0.15) is 11.5 Å². The van der Waals surface area contributed by atoms with Gasteiger partial charge < -0.3 is 14.1 Å². The number of aryl methyl sites for hydroxylation is 2. The lowest BCUT2D eigenvalue weighted by Gasteiger charge is -2.31. The van der Waals surface area contributed by atoms with Crippen molar-refractivity contribution in [2.75, 3.05) is 18.6 Å². The van der Waals surface area contributed by atoms with E-state index in [1.807, 2.05) is 12.1 Å². The lowest BCUT2D eigenvalue weighted by Crippen LogP contribution is -2.29. The maximum Gasteiger partial charge on any atom is 0.274 e. The highest BCUT2D eigenvalue weighted by Gasteiger charge is 2.18. The third-order valence-corrected chi connectivity index (χ3v) is 5.36. The third-order valence-electron chi connectivity index (χ3n) is 5.36. The Hall–Kier alpha value is -3.54. The number of ether oxygens (including phenoxy) is 1. The van der Waals surface area contributed by atoms with Gasteiger partial charge in [0.2, 0.25) is 0 Å². The molecule has 154 valence electrons. The summed E-state index contributed by atoms with van der Waals surface area (Å²) in [5.74, 6) is 1.11. The van der Waals surface area contributed by atoms with Crippen molar-refractivity contribution < 1.29 is 13.9 Å². The fourth-order valence-electron chi connectivity index (χ4n) is 3.83. The lowest BCUT2D eigenvalue weighted by atomic mass is 10.0. The third kappa shape index (κ3) is 4.22. The molecule has 30 heavy (non-hydrogen) atoms. The number of carbonyl (C=O) groups excluding carboxylic acids is 1. The molecule has 0 spiro atoms. The highest BCUT2D eigenvalue weighted by atomic mass is 16.5. The minimum Gasteiger partial charge on any atom is -0.496 e. The van der Waals surface area contributed by atoms with E-state index in [9.17, 15) is 4.79 Å². The largest absolute Gasteiger partial charge is 0.496 e. The van der Waals surface area contributed by atoms with Crippen molar-refractivity contribution in [3.05, 3.63) is 82.8 Å². The van der Waals surface area contributed by atoms with Gasteiger partial charge >= 0.3 is 0 Å². The molecule has 0 fully saturated rings. The van der Waals surface area contributed by atoms with Crippen LogP contribution in [0.1, 0.15) is 39.2 Å². The molecule has 0 aliphatic carbocycles. The Labute approximate surface area is 176 Å². The maximum atomic E-state index is 12.2. The molecule has 0 saturated carbocycles. The second-order valence-electron chi connectivity index (χ2n) is 7.31. The summed E-state index contributed by atoms with van der Waals surface area (Å²) in [6, 6.07) is 16.1. The van der Waals surface area contributed by atoms with Gasteiger partial charge in [-0.2, -0.15) is 5.10 Å². The van der Waals surface area contributed by atoms with E-state index < -0.39 is 0 Å². The van der Waals surface area contributed by atoms with Crippen LogP contribution in [-0.2, 0) is 13.0 Å². The van der Waals surface area contributed by atoms with Gasteiger partial charge in [-0.3, -0.25) is 4.79 Å². The highest BCUT2D eigenvalue weighted by Crippen LogP contribution is 2.30. The van der Waals surface area contributed by atoms with E-state index in [1.165, 1.54) is 17.5 Å². The van der Waals surface area contributed by atoms with Crippen molar-refractivity contribution in [1.82, 2.24) is 5.43 Å². The van der Waals surface area contributed by atoms with Crippen LogP contribution < -0.4 is 15.1 Å². The minimum absolute atomic E-state index is 0.295. The maximum absolute atomic E-state index is 12.2. The number of fused-ring (bicyclic) bond motifs is 1. The van der Waals surface area contributed by atoms with E-state index in [1.54, 1.807) is 26.3 Å². The number of furan rings is 1. The fraction of sp³-hybridized carbons (Fsp3) is 0.250. The van der Waals surface area contributed by atoms with Crippen LogP contribution in [0.3, 0.4) is 0 Å². The van der Waals surface area contributed by atoms with Crippen LogP contribution in [0.25, 0.3) is 0 Å². The summed E-state index contributed by atoms with van der Waals surface area (Å²) in [5.41, 5.74) is 7.66. The van der Waals surface area contributed by atoms with Gasteiger partial charge in [0.15, 0.2) is 0 Å². The van der Waals surface area contributed by atoms with Crippen LogP contribution in [0, 0.1) is 6.92 Å². The molecule has 1 aliphatic rings. The number of methoxy groups -OCH3 is 1. The number of para-hydroxylation sites is 1. The Morgan fingerprint density at radius 3 is 2.93 bits per heavy atom. The van der Waals surface area contributed by atoms with Crippen molar-refractivity contribution in [2.24, 2.45) is 5.10 Å². The zero-order chi connectivity index (χ0) is 20.9. The van der Waals surface area contributed by atoms with Gasteiger partial charge in [-0.1, -0.05) is 18.2 Å². The fourth-order valence-corrected chi connectivity index (χ4v) is 3.83. The Morgan fingerprint density at radius 1 is 1.27 bits per heavy atom. The van der Waals surface area contributed by atoms with Crippen LogP contribution in [0.2, 0.25) is 0 Å². The van der Waals surface area contributed by atoms with Crippen LogP contribution in [-0.4, -0.2) is 25.8 Å². The molecule has 3 aromatic rings. The number of nitrogens with zero attached hydrogens (tertiary/aromatic N) is 2. The predicted octanol–water partition coefficient (Wildman–Crippen LogP) is 4.31. The van der Waals surface area contributed by atoms with Crippen molar-refractivity contribution in [2.45, 2.75) is 26.3 Å². The monoisotopic (exact) mass is 403 g/mol. The number of amides is 1. The van der Waals surface area contributed by atoms with Crippen LogP contribution >= 0.6 is 0 Å². The summed E-state index contributed by atoms with van der Waals surface area (Å²) >= 11 is 0. The van der Waals surface area contributed by atoms with Gasteiger partial charge in [-0.25, -0.2) is 5.43 Å². The van der Waals surface area contributed by atoms with E-state index in [0.717, 1.165) is 42.8 Å². The summed E-state index contributed by atoms with van der Waals surface area (Å²) in [7, 11) is 1.68. The SMILES string of the molecule is COc1ccc(/C=N\NC(=O)c2ccoc2C)cc1CN1CCCc2ccccc21. The molecule has 0 atom stereocenters. The quantitative estimate of drug-likeness (QED) is 0.492.